The highest BCUT2D eigenvalue weighted by molar-refractivity contribution is 6.16. The second kappa shape index (κ2) is 7.92. The number of aryl methyl sites for hydroxylation is 1. The van der Waals surface area contributed by atoms with Crippen molar-refractivity contribution in [2.75, 3.05) is 11.4 Å². The number of rotatable bonds is 6. The molecule has 0 aliphatic carbocycles. The van der Waals surface area contributed by atoms with Gasteiger partial charge in [0.1, 0.15) is 12.5 Å². The van der Waals surface area contributed by atoms with Crippen molar-refractivity contribution in [3.05, 3.63) is 77.4 Å². The molecule has 1 N–H and O–H groups in total. The Labute approximate surface area is 184 Å². The first-order valence-corrected chi connectivity index (χ1v) is 10.5. The third-order valence-electron chi connectivity index (χ3n) is 5.78. The fraction of sp³-hybridized carbons (Fsp3) is 0.261. The van der Waals surface area contributed by atoms with E-state index in [-0.39, 0.29) is 30.7 Å². The molecule has 0 radical (unpaired) electrons. The minimum atomic E-state index is -0.498. The van der Waals surface area contributed by atoms with Crippen molar-refractivity contribution in [2.24, 2.45) is 7.05 Å². The molecule has 3 aromatic rings. The molecule has 5 rings (SSSR count). The summed E-state index contributed by atoms with van der Waals surface area (Å²) in [6.07, 6.45) is 1.80. The Morgan fingerprint density at radius 3 is 2.56 bits per heavy atom. The van der Waals surface area contributed by atoms with Crippen molar-refractivity contribution < 1.29 is 14.4 Å². The summed E-state index contributed by atoms with van der Waals surface area (Å²) in [7, 11) is 1.77. The number of amides is 3. The van der Waals surface area contributed by atoms with E-state index in [0.717, 1.165) is 5.56 Å². The second-order valence-corrected chi connectivity index (χ2v) is 7.87. The number of carbonyl (C=O) groups is 3. The average molecular weight is 430 g/mol. The number of carbonyl (C=O) groups excluding carboxylic acids is 3. The van der Waals surface area contributed by atoms with Crippen molar-refractivity contribution >= 4 is 23.4 Å². The summed E-state index contributed by atoms with van der Waals surface area (Å²) in [6.45, 7) is 0.610. The molecule has 3 amide bonds. The summed E-state index contributed by atoms with van der Waals surface area (Å²) in [5.74, 6) is 0.156. The van der Waals surface area contributed by atoms with Gasteiger partial charge in [0.25, 0.3) is 11.8 Å². The Morgan fingerprint density at radius 1 is 1.03 bits per heavy atom. The van der Waals surface area contributed by atoms with E-state index < -0.39 is 6.17 Å². The van der Waals surface area contributed by atoms with Crippen LogP contribution in [0.5, 0.6) is 0 Å². The molecule has 0 saturated carbocycles. The Balaban J connectivity index is 1.32. The monoisotopic (exact) mass is 430 g/mol. The second-order valence-electron chi connectivity index (χ2n) is 7.87. The summed E-state index contributed by atoms with van der Waals surface area (Å²) in [5, 5.41) is 6.93. The van der Waals surface area contributed by atoms with Gasteiger partial charge in [-0.1, -0.05) is 30.3 Å². The molecule has 3 heterocycles. The predicted molar refractivity (Wildman–Crippen MR) is 116 cm³/mol. The van der Waals surface area contributed by atoms with Crippen LogP contribution >= 0.6 is 0 Å². The molecule has 2 aliphatic heterocycles. The SMILES string of the molecule is Cn1cnc(CNC(=O)CCCN2C(=O)c3ccccc3N3C(=O)c4ccccc4[C@@H]23)n1. The Bertz CT molecular complexity index is 1220. The molecule has 2 aliphatic rings. The predicted octanol–water partition coefficient (Wildman–Crippen LogP) is 2.03. The Morgan fingerprint density at radius 2 is 1.78 bits per heavy atom. The summed E-state index contributed by atoms with van der Waals surface area (Å²) < 4.78 is 1.58. The van der Waals surface area contributed by atoms with E-state index in [1.54, 1.807) is 52.1 Å². The van der Waals surface area contributed by atoms with Gasteiger partial charge in [0.2, 0.25) is 5.91 Å². The lowest BCUT2D eigenvalue weighted by Crippen LogP contribution is -2.48. The van der Waals surface area contributed by atoms with Gasteiger partial charge in [0.05, 0.1) is 17.8 Å². The van der Waals surface area contributed by atoms with E-state index in [2.05, 4.69) is 15.4 Å². The molecule has 9 nitrogen and oxygen atoms in total. The van der Waals surface area contributed by atoms with Crippen LogP contribution in [-0.2, 0) is 18.4 Å². The molecule has 2 aromatic carbocycles. The highest BCUT2D eigenvalue weighted by Gasteiger charge is 2.47. The van der Waals surface area contributed by atoms with E-state index in [1.165, 1.54) is 0 Å². The first-order chi connectivity index (χ1) is 15.5. The Kier molecular flexibility index (Phi) is 4.93. The molecule has 0 bridgehead atoms. The number of nitrogens with zero attached hydrogens (tertiary/aromatic N) is 5. The summed E-state index contributed by atoms with van der Waals surface area (Å²) in [6, 6.07) is 14.5. The summed E-state index contributed by atoms with van der Waals surface area (Å²) in [5.41, 5.74) is 2.54. The molecule has 0 spiro atoms. The normalized spacial score (nSPS) is 16.6. The van der Waals surface area contributed by atoms with Gasteiger partial charge >= 0.3 is 0 Å². The van der Waals surface area contributed by atoms with Crippen molar-refractivity contribution in [3.63, 3.8) is 0 Å². The van der Waals surface area contributed by atoms with E-state index in [1.807, 2.05) is 24.3 Å². The van der Waals surface area contributed by atoms with Gasteiger partial charge in [-0.25, -0.2) is 4.98 Å². The van der Waals surface area contributed by atoms with Crippen LogP contribution in [0.3, 0.4) is 0 Å². The maximum Gasteiger partial charge on any atom is 0.260 e. The van der Waals surface area contributed by atoms with Crippen LogP contribution in [0.15, 0.2) is 54.9 Å². The van der Waals surface area contributed by atoms with Gasteiger partial charge in [-0.05, 0) is 24.6 Å². The summed E-state index contributed by atoms with van der Waals surface area (Å²) in [4.78, 5) is 46.2. The van der Waals surface area contributed by atoms with Gasteiger partial charge in [-0.2, -0.15) is 5.10 Å². The number of para-hydroxylation sites is 1. The van der Waals surface area contributed by atoms with E-state index in [0.29, 0.717) is 35.6 Å². The largest absolute Gasteiger partial charge is 0.349 e. The highest BCUT2D eigenvalue weighted by Crippen LogP contribution is 2.45. The molecule has 1 aromatic heterocycles. The molecular formula is C23H22N6O3. The minimum absolute atomic E-state index is 0.115. The maximum absolute atomic E-state index is 13.3. The van der Waals surface area contributed by atoms with Crippen molar-refractivity contribution in [3.8, 4) is 0 Å². The lowest BCUT2D eigenvalue weighted by Gasteiger charge is -2.41. The smallest absolute Gasteiger partial charge is 0.260 e. The van der Waals surface area contributed by atoms with Crippen molar-refractivity contribution in [1.29, 1.82) is 0 Å². The number of aromatic nitrogens is 3. The van der Waals surface area contributed by atoms with E-state index >= 15 is 0 Å². The third-order valence-corrected chi connectivity index (χ3v) is 5.78. The third kappa shape index (κ3) is 3.31. The molecule has 1 atom stereocenters. The Hall–Kier alpha value is -4.01. The zero-order chi connectivity index (χ0) is 22.2. The number of benzene rings is 2. The van der Waals surface area contributed by atoms with Crippen LogP contribution in [-0.4, -0.2) is 43.9 Å². The van der Waals surface area contributed by atoms with Crippen LogP contribution in [0.4, 0.5) is 5.69 Å². The number of hydrogen-bond donors (Lipinski definition) is 1. The molecule has 162 valence electrons. The minimum Gasteiger partial charge on any atom is -0.349 e. The number of anilines is 1. The highest BCUT2D eigenvalue weighted by atomic mass is 16.2. The van der Waals surface area contributed by atoms with Gasteiger partial charge in [-0.15, -0.1) is 0 Å². The molecule has 0 fully saturated rings. The lowest BCUT2D eigenvalue weighted by molar-refractivity contribution is -0.121. The van der Waals surface area contributed by atoms with Gasteiger partial charge in [-0.3, -0.25) is 24.0 Å². The number of fused-ring (bicyclic) bond motifs is 5. The van der Waals surface area contributed by atoms with Gasteiger partial charge in [0, 0.05) is 31.1 Å². The van der Waals surface area contributed by atoms with Gasteiger partial charge < -0.3 is 10.2 Å². The zero-order valence-corrected chi connectivity index (χ0v) is 17.6. The molecular weight excluding hydrogens is 408 g/mol. The topological polar surface area (TPSA) is 100 Å². The maximum atomic E-state index is 13.3. The molecule has 32 heavy (non-hydrogen) atoms. The van der Waals surface area contributed by atoms with Crippen LogP contribution in [0, 0.1) is 0 Å². The number of nitrogens with one attached hydrogen (secondary N) is 1. The van der Waals surface area contributed by atoms with E-state index in [9.17, 15) is 14.4 Å². The van der Waals surface area contributed by atoms with E-state index in [4.69, 9.17) is 0 Å². The lowest BCUT2D eigenvalue weighted by atomic mass is 10.0. The van der Waals surface area contributed by atoms with Crippen molar-refractivity contribution in [2.45, 2.75) is 25.6 Å². The molecule has 0 unspecified atom stereocenters. The molecule has 9 heteroatoms. The average Bonchev–Trinajstić information content (AvgIpc) is 3.36. The fourth-order valence-electron chi connectivity index (χ4n) is 4.34. The summed E-state index contributed by atoms with van der Waals surface area (Å²) >= 11 is 0. The first-order valence-electron chi connectivity index (χ1n) is 10.5. The van der Waals surface area contributed by atoms with Crippen LogP contribution in [0.2, 0.25) is 0 Å². The zero-order valence-electron chi connectivity index (χ0n) is 17.6. The number of hydrogen-bond acceptors (Lipinski definition) is 5. The quantitative estimate of drug-likeness (QED) is 0.645. The van der Waals surface area contributed by atoms with Gasteiger partial charge in [0.15, 0.2) is 5.82 Å². The fourth-order valence-corrected chi connectivity index (χ4v) is 4.34. The van der Waals surface area contributed by atoms with Crippen LogP contribution in [0.25, 0.3) is 0 Å². The molecule has 0 saturated heterocycles. The van der Waals surface area contributed by atoms with Crippen LogP contribution < -0.4 is 10.2 Å². The standard InChI is InChI=1S/C23H22N6O3/c1-27-14-25-19(26-27)13-24-20(30)11-6-12-28-21-15-7-2-3-8-16(15)23(32)29(21)18-10-5-4-9-17(18)22(28)31/h2-5,7-10,14,21H,6,11-13H2,1H3,(H,24,30)/t21-/m0/s1. The van der Waals surface area contributed by atoms with Crippen LogP contribution in [0.1, 0.15) is 51.1 Å². The van der Waals surface area contributed by atoms with Crippen molar-refractivity contribution in [1.82, 2.24) is 25.0 Å². The first kappa shape index (κ1) is 19.9.